The van der Waals surface area contributed by atoms with Crippen LogP contribution in [-0.4, -0.2) is 57.8 Å². The minimum absolute atomic E-state index is 0.0327. The van der Waals surface area contributed by atoms with Gasteiger partial charge in [0, 0.05) is 44.4 Å². The van der Waals surface area contributed by atoms with Crippen LogP contribution in [0.5, 0.6) is 0 Å². The van der Waals surface area contributed by atoms with Crippen LogP contribution in [-0.2, 0) is 16.0 Å². The first-order valence-corrected chi connectivity index (χ1v) is 10.3. The molecule has 3 atom stereocenters. The van der Waals surface area contributed by atoms with Crippen molar-refractivity contribution in [2.45, 2.75) is 39.2 Å². The first kappa shape index (κ1) is 19.8. The van der Waals surface area contributed by atoms with Crippen LogP contribution in [0.15, 0.2) is 18.2 Å². The Morgan fingerprint density at radius 2 is 2.03 bits per heavy atom. The fourth-order valence-corrected chi connectivity index (χ4v) is 5.42. The molecule has 3 aliphatic heterocycles. The number of hydrogen-bond donors (Lipinski definition) is 0. The highest BCUT2D eigenvalue weighted by atomic mass is 32.1. The largest absolute Gasteiger partial charge is 0.367 e. The molecule has 0 saturated carbocycles. The summed E-state index contributed by atoms with van der Waals surface area (Å²) in [7, 11) is 1.61. The number of nitro groups is 1. The molecule has 9 heteroatoms. The minimum Gasteiger partial charge on any atom is -0.367 e. The van der Waals surface area contributed by atoms with Crippen molar-refractivity contribution in [2.75, 3.05) is 25.0 Å². The van der Waals surface area contributed by atoms with Crippen molar-refractivity contribution in [1.29, 1.82) is 0 Å². The van der Waals surface area contributed by atoms with Gasteiger partial charge < -0.3 is 4.90 Å². The van der Waals surface area contributed by atoms with E-state index >= 15 is 0 Å². The number of nitrogens with zero attached hydrogens (tertiary/aromatic N) is 4. The predicted molar refractivity (Wildman–Crippen MR) is 112 cm³/mol. The highest BCUT2D eigenvalue weighted by Crippen LogP contribution is 2.50. The quantitative estimate of drug-likeness (QED) is 0.318. The molecular weight excluding hydrogens is 392 g/mol. The SMILES string of the molecule is CCN1C(=O)[C@]2(Cc3cc([N+](=O)[O-])ccc3N3CC[C@H](C)C[C@@H]32)C(=O)N(C)C1=S. The van der Waals surface area contributed by atoms with E-state index in [1.807, 2.05) is 6.92 Å². The number of rotatable bonds is 2. The van der Waals surface area contributed by atoms with E-state index < -0.39 is 10.3 Å². The van der Waals surface area contributed by atoms with Gasteiger partial charge in [0.25, 0.3) is 5.69 Å². The van der Waals surface area contributed by atoms with Gasteiger partial charge in [-0.2, -0.15) is 0 Å². The zero-order valence-corrected chi connectivity index (χ0v) is 17.6. The summed E-state index contributed by atoms with van der Waals surface area (Å²) >= 11 is 5.37. The molecule has 3 aliphatic rings. The number of piperidine rings is 1. The zero-order chi connectivity index (χ0) is 21.1. The van der Waals surface area contributed by atoms with E-state index in [-0.39, 0.29) is 35.1 Å². The predicted octanol–water partition coefficient (Wildman–Crippen LogP) is 2.35. The number of hydrogen-bond acceptors (Lipinski definition) is 6. The molecule has 0 unspecified atom stereocenters. The lowest BCUT2D eigenvalue weighted by atomic mass is 9.64. The van der Waals surface area contributed by atoms with Gasteiger partial charge in [-0.1, -0.05) is 6.92 Å². The number of fused-ring (bicyclic) bond motifs is 4. The lowest BCUT2D eigenvalue weighted by molar-refractivity contribution is -0.384. The summed E-state index contributed by atoms with van der Waals surface area (Å²) in [6, 6.07) is 4.47. The van der Waals surface area contributed by atoms with Crippen molar-refractivity contribution >= 4 is 40.5 Å². The number of nitro benzene ring substituents is 1. The van der Waals surface area contributed by atoms with Crippen molar-refractivity contribution in [3.05, 3.63) is 33.9 Å². The third-order valence-corrected chi connectivity index (χ3v) is 7.13. The number of anilines is 1. The molecule has 0 bridgehead atoms. The summed E-state index contributed by atoms with van der Waals surface area (Å²) in [6.07, 6.45) is 1.81. The van der Waals surface area contributed by atoms with Crippen LogP contribution < -0.4 is 4.90 Å². The number of carbonyl (C=O) groups excluding carboxylic acids is 2. The Morgan fingerprint density at radius 3 is 2.69 bits per heavy atom. The third kappa shape index (κ3) is 2.67. The molecule has 0 aliphatic carbocycles. The molecule has 4 rings (SSSR count). The van der Waals surface area contributed by atoms with E-state index in [0.717, 1.165) is 12.1 Å². The number of benzene rings is 1. The first-order valence-electron chi connectivity index (χ1n) is 9.90. The van der Waals surface area contributed by atoms with E-state index in [4.69, 9.17) is 12.2 Å². The highest BCUT2D eigenvalue weighted by molar-refractivity contribution is 7.80. The maximum Gasteiger partial charge on any atom is 0.269 e. The third-order valence-electron chi connectivity index (χ3n) is 6.63. The Labute approximate surface area is 174 Å². The topological polar surface area (TPSA) is 87.0 Å². The molecule has 1 aromatic carbocycles. The number of non-ortho nitro benzene ring substituents is 1. The number of amides is 2. The average molecular weight is 417 g/mol. The average Bonchev–Trinajstić information content (AvgIpc) is 2.70. The Morgan fingerprint density at radius 1 is 1.31 bits per heavy atom. The first-order chi connectivity index (χ1) is 13.7. The van der Waals surface area contributed by atoms with Gasteiger partial charge in [-0.25, -0.2) is 0 Å². The van der Waals surface area contributed by atoms with Gasteiger partial charge in [-0.15, -0.1) is 0 Å². The van der Waals surface area contributed by atoms with Crippen LogP contribution in [0.1, 0.15) is 32.3 Å². The Kier molecular flexibility index (Phi) is 4.60. The Bertz CT molecular complexity index is 935. The van der Waals surface area contributed by atoms with E-state index in [9.17, 15) is 19.7 Å². The summed E-state index contributed by atoms with van der Waals surface area (Å²) in [4.78, 5) is 43.2. The van der Waals surface area contributed by atoms with Gasteiger partial charge in [0.2, 0.25) is 11.8 Å². The summed E-state index contributed by atoms with van der Waals surface area (Å²) < 4.78 is 0. The fraction of sp³-hybridized carbons (Fsp3) is 0.550. The molecular formula is C20H24N4O4S. The zero-order valence-electron chi connectivity index (χ0n) is 16.8. The summed E-state index contributed by atoms with van der Waals surface area (Å²) in [5, 5.41) is 11.5. The standard InChI is InChI=1S/C20H24N4O4S/c1-4-22-18(26)20(17(25)21(3)19(22)29)11-13-10-14(24(27)28)5-6-15(13)23-8-7-12(2)9-16(20)23/h5-6,10,12,16H,4,7-9,11H2,1-3H3/t12-,16+,20-/m0/s1. The van der Waals surface area contributed by atoms with Crippen molar-refractivity contribution < 1.29 is 14.5 Å². The van der Waals surface area contributed by atoms with Crippen LogP contribution in [0.3, 0.4) is 0 Å². The van der Waals surface area contributed by atoms with Crippen LogP contribution in [0.4, 0.5) is 11.4 Å². The van der Waals surface area contributed by atoms with Gasteiger partial charge in [0.15, 0.2) is 10.5 Å². The molecule has 2 amide bonds. The highest BCUT2D eigenvalue weighted by Gasteiger charge is 2.63. The van der Waals surface area contributed by atoms with E-state index in [1.165, 1.54) is 21.9 Å². The molecule has 2 fully saturated rings. The van der Waals surface area contributed by atoms with Crippen LogP contribution in [0, 0.1) is 21.4 Å². The normalized spacial score (nSPS) is 29.2. The van der Waals surface area contributed by atoms with Crippen molar-refractivity contribution in [3.63, 3.8) is 0 Å². The molecule has 3 heterocycles. The monoisotopic (exact) mass is 416 g/mol. The smallest absolute Gasteiger partial charge is 0.269 e. The van der Waals surface area contributed by atoms with Crippen molar-refractivity contribution in [2.24, 2.45) is 11.3 Å². The molecule has 0 N–H and O–H groups in total. The maximum atomic E-state index is 13.7. The molecule has 1 aromatic rings. The van der Waals surface area contributed by atoms with E-state index in [1.54, 1.807) is 13.1 Å². The second-order valence-electron chi connectivity index (χ2n) is 8.25. The van der Waals surface area contributed by atoms with Crippen LogP contribution in [0.2, 0.25) is 0 Å². The molecule has 154 valence electrons. The molecule has 8 nitrogen and oxygen atoms in total. The number of carbonyl (C=O) groups is 2. The molecule has 2 saturated heterocycles. The second-order valence-corrected chi connectivity index (χ2v) is 8.62. The van der Waals surface area contributed by atoms with Gasteiger partial charge in [-0.3, -0.25) is 29.5 Å². The van der Waals surface area contributed by atoms with Crippen molar-refractivity contribution in [1.82, 2.24) is 9.80 Å². The summed E-state index contributed by atoms with van der Waals surface area (Å²) in [5.41, 5.74) is 0.209. The Balaban J connectivity index is 1.93. The van der Waals surface area contributed by atoms with Crippen LogP contribution >= 0.6 is 12.2 Å². The summed E-state index contributed by atoms with van der Waals surface area (Å²) in [5.74, 6) is -0.213. The molecule has 0 radical (unpaired) electrons. The number of thiocarbonyl (C=S) groups is 1. The summed E-state index contributed by atoms with van der Waals surface area (Å²) in [6.45, 7) is 5.06. The second kappa shape index (κ2) is 6.76. The minimum atomic E-state index is -1.32. The van der Waals surface area contributed by atoms with Crippen molar-refractivity contribution in [3.8, 4) is 0 Å². The lowest BCUT2D eigenvalue weighted by Gasteiger charge is -2.56. The van der Waals surface area contributed by atoms with Gasteiger partial charge in [-0.05, 0) is 49.5 Å². The molecule has 0 aromatic heterocycles. The lowest BCUT2D eigenvalue weighted by Crippen LogP contribution is -2.72. The molecule has 1 spiro atoms. The maximum absolute atomic E-state index is 13.7. The van der Waals surface area contributed by atoms with Gasteiger partial charge >= 0.3 is 0 Å². The van der Waals surface area contributed by atoms with E-state index in [0.29, 0.717) is 31.0 Å². The van der Waals surface area contributed by atoms with Gasteiger partial charge in [0.05, 0.1) is 11.0 Å². The van der Waals surface area contributed by atoms with Crippen LogP contribution in [0.25, 0.3) is 0 Å². The van der Waals surface area contributed by atoms with E-state index in [2.05, 4.69) is 11.8 Å². The fourth-order valence-electron chi connectivity index (χ4n) is 5.12. The van der Waals surface area contributed by atoms with Gasteiger partial charge in [0.1, 0.15) is 0 Å². The Hall–Kier alpha value is -2.55. The molecule has 29 heavy (non-hydrogen) atoms.